The molecule has 1 aliphatic heterocycles. The van der Waals surface area contributed by atoms with Crippen LogP contribution in [0.15, 0.2) is 46.3 Å². The molecule has 0 bridgehead atoms. The molecule has 1 N–H and O–H groups in total. The van der Waals surface area contributed by atoms with Crippen molar-refractivity contribution in [2.75, 3.05) is 13.2 Å². The van der Waals surface area contributed by atoms with Gasteiger partial charge >= 0.3 is 0 Å². The molecule has 0 unspecified atom stereocenters. The lowest BCUT2D eigenvalue weighted by atomic mass is 10.2. The molecule has 0 atom stereocenters. The summed E-state index contributed by atoms with van der Waals surface area (Å²) in [4.78, 5) is 17.5. The van der Waals surface area contributed by atoms with E-state index in [9.17, 15) is 4.79 Å². The first kappa shape index (κ1) is 22.2. The lowest BCUT2D eigenvalue weighted by Gasteiger charge is -2.14. The average Bonchev–Trinajstić information content (AvgIpc) is 3.04. The van der Waals surface area contributed by atoms with Crippen LogP contribution in [0.1, 0.15) is 31.9 Å². The first-order chi connectivity index (χ1) is 14.4. The standard InChI is InChI=1S/C23H25ClN2O3S/c1-5-28-20-11-16(9-10-19(20)29-13-14(2)3)12-21-22(27)26-23(30-21)25-18-8-6-7-17(24)15(18)4/h6-12,14H,5,13H2,1-4H3,(H,25,26,27)/b21-12-. The molecule has 3 rings (SSSR count). The molecule has 0 spiro atoms. The van der Waals surface area contributed by atoms with Gasteiger partial charge in [0.1, 0.15) is 0 Å². The lowest BCUT2D eigenvalue weighted by Crippen LogP contribution is -2.19. The Labute approximate surface area is 186 Å². The second kappa shape index (κ2) is 10.0. The number of amides is 1. The smallest absolute Gasteiger partial charge is 0.264 e. The Hall–Kier alpha value is -2.44. The van der Waals surface area contributed by atoms with Gasteiger partial charge in [-0.05, 0) is 73.0 Å². The number of rotatable bonds is 7. The molecule has 1 fully saturated rings. The highest BCUT2D eigenvalue weighted by molar-refractivity contribution is 8.18. The number of nitrogens with zero attached hydrogens (tertiary/aromatic N) is 1. The number of aliphatic imine (C=N–C) groups is 1. The average molecular weight is 445 g/mol. The highest BCUT2D eigenvalue weighted by atomic mass is 35.5. The van der Waals surface area contributed by atoms with Gasteiger partial charge in [-0.25, -0.2) is 4.99 Å². The van der Waals surface area contributed by atoms with Gasteiger partial charge < -0.3 is 14.8 Å². The van der Waals surface area contributed by atoms with Crippen LogP contribution in [0.4, 0.5) is 5.69 Å². The Kier molecular flexibility index (Phi) is 7.45. The zero-order valence-corrected chi connectivity index (χ0v) is 19.1. The molecule has 1 aliphatic rings. The van der Waals surface area contributed by atoms with Crippen molar-refractivity contribution in [1.29, 1.82) is 0 Å². The molecule has 2 aromatic rings. The third-order valence-corrected chi connectivity index (χ3v) is 5.57. The van der Waals surface area contributed by atoms with Crippen LogP contribution in [0.25, 0.3) is 6.08 Å². The number of nitrogens with one attached hydrogen (secondary N) is 1. The van der Waals surface area contributed by atoms with E-state index < -0.39 is 0 Å². The zero-order valence-electron chi connectivity index (χ0n) is 17.5. The minimum atomic E-state index is -0.184. The van der Waals surface area contributed by atoms with Gasteiger partial charge in [-0.1, -0.05) is 37.6 Å². The van der Waals surface area contributed by atoms with E-state index in [1.54, 1.807) is 0 Å². The molecular formula is C23H25ClN2O3S. The molecule has 158 valence electrons. The van der Waals surface area contributed by atoms with Crippen LogP contribution in [0, 0.1) is 12.8 Å². The lowest BCUT2D eigenvalue weighted by molar-refractivity contribution is -0.115. The van der Waals surface area contributed by atoms with Gasteiger partial charge in [-0.2, -0.15) is 0 Å². The van der Waals surface area contributed by atoms with Crippen LogP contribution in [-0.4, -0.2) is 24.3 Å². The van der Waals surface area contributed by atoms with E-state index in [2.05, 4.69) is 24.2 Å². The first-order valence-corrected chi connectivity index (χ1v) is 11.0. The van der Waals surface area contributed by atoms with E-state index in [4.69, 9.17) is 21.1 Å². The minimum Gasteiger partial charge on any atom is -0.490 e. The first-order valence-electron chi connectivity index (χ1n) is 9.81. The molecule has 0 aliphatic carbocycles. The molecule has 1 amide bonds. The summed E-state index contributed by atoms with van der Waals surface area (Å²) in [5.74, 6) is 1.60. The fraction of sp³-hybridized carbons (Fsp3) is 0.304. The van der Waals surface area contributed by atoms with Gasteiger partial charge in [0.25, 0.3) is 5.91 Å². The summed E-state index contributed by atoms with van der Waals surface area (Å²) in [5, 5.41) is 3.98. The van der Waals surface area contributed by atoms with Gasteiger partial charge in [-0.3, -0.25) is 4.79 Å². The molecule has 1 saturated heterocycles. The van der Waals surface area contributed by atoms with E-state index >= 15 is 0 Å². The minimum absolute atomic E-state index is 0.184. The van der Waals surface area contributed by atoms with Gasteiger partial charge in [0, 0.05) is 5.02 Å². The maximum Gasteiger partial charge on any atom is 0.264 e. The second-order valence-electron chi connectivity index (χ2n) is 7.21. The number of carbonyl (C=O) groups is 1. The van der Waals surface area contributed by atoms with Crippen LogP contribution < -0.4 is 14.8 Å². The van der Waals surface area contributed by atoms with Crippen LogP contribution >= 0.6 is 23.4 Å². The van der Waals surface area contributed by atoms with Crippen molar-refractivity contribution in [2.24, 2.45) is 10.9 Å². The van der Waals surface area contributed by atoms with Crippen molar-refractivity contribution in [2.45, 2.75) is 27.7 Å². The fourth-order valence-corrected chi connectivity index (χ4v) is 3.72. The molecular weight excluding hydrogens is 420 g/mol. The molecule has 2 aromatic carbocycles. The number of benzene rings is 2. The summed E-state index contributed by atoms with van der Waals surface area (Å²) in [6.45, 7) is 9.17. The van der Waals surface area contributed by atoms with E-state index in [1.165, 1.54) is 11.8 Å². The number of ether oxygens (including phenoxy) is 2. The summed E-state index contributed by atoms with van der Waals surface area (Å²) < 4.78 is 11.6. The van der Waals surface area contributed by atoms with Gasteiger partial charge in [0.2, 0.25) is 0 Å². The van der Waals surface area contributed by atoms with Crippen molar-refractivity contribution < 1.29 is 14.3 Å². The summed E-state index contributed by atoms with van der Waals surface area (Å²) in [6, 6.07) is 11.2. The van der Waals surface area contributed by atoms with Crippen molar-refractivity contribution in [3.8, 4) is 11.5 Å². The number of amidine groups is 1. The van der Waals surface area contributed by atoms with Crippen LogP contribution in [0.2, 0.25) is 5.02 Å². The van der Waals surface area contributed by atoms with Crippen molar-refractivity contribution in [3.05, 3.63) is 57.5 Å². The SMILES string of the molecule is CCOc1cc(/C=C2\SC(=Nc3cccc(Cl)c3C)NC2=O)ccc1OCC(C)C. The molecule has 0 saturated carbocycles. The summed E-state index contributed by atoms with van der Waals surface area (Å²) in [5.41, 5.74) is 2.46. The Balaban J connectivity index is 1.82. The normalized spacial score (nSPS) is 16.4. The molecule has 30 heavy (non-hydrogen) atoms. The quantitative estimate of drug-likeness (QED) is 0.534. The largest absolute Gasteiger partial charge is 0.490 e. The van der Waals surface area contributed by atoms with Gasteiger partial charge in [-0.15, -0.1) is 0 Å². The molecule has 0 radical (unpaired) electrons. The second-order valence-corrected chi connectivity index (χ2v) is 8.65. The highest BCUT2D eigenvalue weighted by Gasteiger charge is 2.24. The molecule has 5 nitrogen and oxygen atoms in total. The topological polar surface area (TPSA) is 59.9 Å². The maximum atomic E-state index is 12.4. The van der Waals surface area contributed by atoms with E-state index in [-0.39, 0.29) is 5.91 Å². The van der Waals surface area contributed by atoms with Gasteiger partial charge in [0.15, 0.2) is 16.7 Å². The number of carbonyl (C=O) groups excluding carboxylic acids is 1. The fourth-order valence-electron chi connectivity index (χ4n) is 2.72. The number of hydrogen-bond donors (Lipinski definition) is 1. The van der Waals surface area contributed by atoms with Crippen molar-refractivity contribution >= 4 is 46.2 Å². The Morgan fingerprint density at radius 1 is 1.20 bits per heavy atom. The third kappa shape index (κ3) is 5.58. The van der Waals surface area contributed by atoms with Gasteiger partial charge in [0.05, 0.1) is 23.8 Å². The van der Waals surface area contributed by atoms with Crippen LogP contribution in [0.5, 0.6) is 11.5 Å². The molecule has 7 heteroatoms. The summed E-state index contributed by atoms with van der Waals surface area (Å²) in [7, 11) is 0. The molecule has 1 heterocycles. The van der Waals surface area contributed by atoms with Crippen LogP contribution in [-0.2, 0) is 4.79 Å². The summed E-state index contributed by atoms with van der Waals surface area (Å²) >= 11 is 7.46. The third-order valence-electron chi connectivity index (χ3n) is 4.25. The van der Waals surface area contributed by atoms with E-state index in [0.717, 1.165) is 16.8 Å². The Bertz CT molecular complexity index is 1000. The van der Waals surface area contributed by atoms with Crippen molar-refractivity contribution in [1.82, 2.24) is 5.32 Å². The van der Waals surface area contributed by atoms with Crippen molar-refractivity contribution in [3.63, 3.8) is 0 Å². The monoisotopic (exact) mass is 444 g/mol. The molecule has 0 aromatic heterocycles. The highest BCUT2D eigenvalue weighted by Crippen LogP contribution is 2.33. The zero-order chi connectivity index (χ0) is 21.7. The van der Waals surface area contributed by atoms with E-state index in [0.29, 0.717) is 45.7 Å². The predicted octanol–water partition coefficient (Wildman–Crippen LogP) is 5.97. The van der Waals surface area contributed by atoms with Crippen LogP contribution in [0.3, 0.4) is 0 Å². The Morgan fingerprint density at radius 3 is 2.73 bits per heavy atom. The maximum absolute atomic E-state index is 12.4. The number of thioether (sulfide) groups is 1. The predicted molar refractivity (Wildman–Crippen MR) is 125 cm³/mol. The summed E-state index contributed by atoms with van der Waals surface area (Å²) in [6.07, 6.45) is 1.82. The Morgan fingerprint density at radius 2 is 2.00 bits per heavy atom. The number of hydrogen-bond acceptors (Lipinski definition) is 5. The number of halogens is 1. The van der Waals surface area contributed by atoms with E-state index in [1.807, 2.05) is 56.3 Å².